The van der Waals surface area contributed by atoms with Crippen molar-refractivity contribution in [2.75, 3.05) is 14.2 Å². The number of pyridine rings is 1. The molecule has 2 heterocycles. The molecule has 29 heavy (non-hydrogen) atoms. The van der Waals surface area contributed by atoms with E-state index in [0.29, 0.717) is 8.67 Å². The van der Waals surface area contributed by atoms with Crippen molar-refractivity contribution in [1.82, 2.24) is 8.96 Å². The van der Waals surface area contributed by atoms with Crippen LogP contribution >= 0.6 is 11.3 Å². The molecule has 0 unspecified atom stereocenters. The molecule has 0 saturated carbocycles. The van der Waals surface area contributed by atoms with Gasteiger partial charge in [-0.05, 0) is 29.8 Å². The van der Waals surface area contributed by atoms with Gasteiger partial charge in [0, 0.05) is 12.4 Å². The Labute approximate surface area is 167 Å². The zero-order valence-electron chi connectivity index (χ0n) is 15.0. The molecular formula is C17H14F2N2O6S2. The number of aromatic nitrogens is 2. The number of benzene rings is 1. The first kappa shape index (κ1) is 20.7. The van der Waals surface area contributed by atoms with Crippen LogP contribution in [0.1, 0.15) is 5.56 Å². The van der Waals surface area contributed by atoms with Crippen molar-refractivity contribution < 1.29 is 31.4 Å². The Kier molecular flexibility index (Phi) is 5.84. The minimum atomic E-state index is -4.17. The summed E-state index contributed by atoms with van der Waals surface area (Å²) in [5.74, 6) is -0.477. The zero-order valence-corrected chi connectivity index (χ0v) is 16.7. The minimum absolute atomic E-state index is 0.0778. The average molecular weight is 444 g/mol. The van der Waals surface area contributed by atoms with E-state index < -0.39 is 21.5 Å². The predicted octanol–water partition coefficient (Wildman–Crippen LogP) is 2.93. The first-order valence-corrected chi connectivity index (χ1v) is 10.2. The SMILES string of the molecule is COc1cc(/C=C/S(=O)(=O)n2c(=O)sc3cnccc32)cc(OC)c1OC(F)F. The van der Waals surface area contributed by atoms with Crippen LogP contribution in [0.3, 0.4) is 0 Å². The summed E-state index contributed by atoms with van der Waals surface area (Å²) in [6.45, 7) is -3.10. The van der Waals surface area contributed by atoms with Gasteiger partial charge in [-0.2, -0.15) is 12.8 Å². The smallest absolute Gasteiger partial charge is 0.387 e. The lowest BCUT2D eigenvalue weighted by Gasteiger charge is -2.14. The van der Waals surface area contributed by atoms with Gasteiger partial charge in [-0.3, -0.25) is 9.78 Å². The minimum Gasteiger partial charge on any atom is -0.493 e. The number of rotatable bonds is 7. The standard InChI is InChI=1S/C17H14F2N2O6S2/c1-25-12-7-10(8-13(26-2)15(12)27-16(18)19)4-6-29(23,24)21-11-3-5-20-9-14(11)28-17(21)22/h3-9,16H,1-2H3/b6-4+. The Bertz CT molecular complexity index is 1210. The van der Waals surface area contributed by atoms with Crippen LogP contribution in [0.2, 0.25) is 0 Å². The molecule has 0 aliphatic carbocycles. The van der Waals surface area contributed by atoms with Crippen LogP contribution in [0.5, 0.6) is 17.2 Å². The first-order valence-electron chi connectivity index (χ1n) is 7.87. The van der Waals surface area contributed by atoms with E-state index in [1.165, 1.54) is 50.9 Å². The second-order valence-electron chi connectivity index (χ2n) is 5.46. The largest absolute Gasteiger partial charge is 0.493 e. The van der Waals surface area contributed by atoms with Gasteiger partial charge in [0.2, 0.25) is 5.75 Å². The molecule has 0 atom stereocenters. The highest BCUT2D eigenvalue weighted by Gasteiger charge is 2.20. The number of thiazole rings is 1. The van der Waals surface area contributed by atoms with E-state index in [1.807, 2.05) is 0 Å². The van der Waals surface area contributed by atoms with Gasteiger partial charge in [-0.15, -0.1) is 0 Å². The zero-order chi connectivity index (χ0) is 21.2. The van der Waals surface area contributed by atoms with Crippen molar-refractivity contribution in [2.45, 2.75) is 6.61 Å². The number of hydrogen-bond donors (Lipinski definition) is 0. The highest BCUT2D eigenvalue weighted by molar-refractivity contribution is 7.93. The summed E-state index contributed by atoms with van der Waals surface area (Å²) in [5, 5.41) is 0.822. The normalized spacial score (nSPS) is 12.0. The second kappa shape index (κ2) is 8.17. The molecule has 0 spiro atoms. The fourth-order valence-corrected chi connectivity index (χ4v) is 4.84. The molecule has 8 nitrogen and oxygen atoms in total. The lowest BCUT2D eigenvalue weighted by molar-refractivity contribution is -0.0526. The van der Waals surface area contributed by atoms with Gasteiger partial charge in [0.15, 0.2) is 11.5 Å². The monoisotopic (exact) mass is 444 g/mol. The number of methoxy groups -OCH3 is 2. The lowest BCUT2D eigenvalue weighted by atomic mass is 10.2. The second-order valence-corrected chi connectivity index (χ2v) is 8.12. The fourth-order valence-electron chi connectivity index (χ4n) is 2.52. The van der Waals surface area contributed by atoms with Crippen LogP contribution in [0.4, 0.5) is 8.78 Å². The van der Waals surface area contributed by atoms with Gasteiger partial charge in [-0.25, -0.2) is 8.42 Å². The number of fused-ring (bicyclic) bond motifs is 1. The fraction of sp³-hybridized carbons (Fsp3) is 0.176. The van der Waals surface area contributed by atoms with Gasteiger partial charge >= 0.3 is 11.5 Å². The van der Waals surface area contributed by atoms with Crippen LogP contribution in [-0.2, 0) is 10.0 Å². The van der Waals surface area contributed by atoms with E-state index in [1.54, 1.807) is 0 Å². The summed E-state index contributed by atoms with van der Waals surface area (Å²) < 4.78 is 66.2. The third-order valence-corrected chi connectivity index (χ3v) is 6.08. The molecule has 0 fully saturated rings. The van der Waals surface area contributed by atoms with Gasteiger partial charge < -0.3 is 14.2 Å². The summed E-state index contributed by atoms with van der Waals surface area (Å²) in [6.07, 6.45) is 3.96. The number of ether oxygens (including phenoxy) is 3. The number of halogens is 2. The number of hydrogen-bond acceptors (Lipinski definition) is 8. The van der Waals surface area contributed by atoms with Crippen LogP contribution in [0, 0.1) is 0 Å². The Balaban J connectivity index is 2.04. The van der Waals surface area contributed by atoms with E-state index in [-0.39, 0.29) is 28.3 Å². The van der Waals surface area contributed by atoms with E-state index in [0.717, 1.165) is 16.7 Å². The van der Waals surface area contributed by atoms with Gasteiger partial charge in [0.1, 0.15) is 0 Å². The van der Waals surface area contributed by atoms with Crippen molar-refractivity contribution in [3.63, 3.8) is 0 Å². The molecular weight excluding hydrogens is 430 g/mol. The van der Waals surface area contributed by atoms with Crippen LogP contribution in [0.25, 0.3) is 16.3 Å². The lowest BCUT2D eigenvalue weighted by Crippen LogP contribution is -2.20. The van der Waals surface area contributed by atoms with Gasteiger partial charge in [0.05, 0.1) is 29.8 Å². The molecule has 0 amide bonds. The molecule has 0 bridgehead atoms. The van der Waals surface area contributed by atoms with Crippen molar-refractivity contribution in [1.29, 1.82) is 0 Å². The van der Waals surface area contributed by atoms with Crippen molar-refractivity contribution >= 4 is 37.7 Å². The molecule has 0 radical (unpaired) electrons. The molecule has 0 aliphatic rings. The summed E-state index contributed by atoms with van der Waals surface area (Å²) >= 11 is 0.751. The number of alkyl halides is 2. The maximum absolute atomic E-state index is 12.7. The molecule has 1 aromatic carbocycles. The molecule has 0 N–H and O–H groups in total. The van der Waals surface area contributed by atoms with Crippen molar-refractivity contribution in [3.8, 4) is 17.2 Å². The van der Waals surface area contributed by atoms with Crippen LogP contribution < -0.4 is 19.1 Å². The highest BCUT2D eigenvalue weighted by Crippen LogP contribution is 2.40. The quantitative estimate of drug-likeness (QED) is 0.553. The molecule has 0 saturated heterocycles. The first-order chi connectivity index (χ1) is 13.8. The van der Waals surface area contributed by atoms with E-state index >= 15 is 0 Å². The maximum atomic E-state index is 12.7. The van der Waals surface area contributed by atoms with E-state index in [4.69, 9.17) is 9.47 Å². The Morgan fingerprint density at radius 1 is 1.21 bits per heavy atom. The molecule has 0 aliphatic heterocycles. The summed E-state index contributed by atoms with van der Waals surface area (Å²) in [5.41, 5.74) is 0.466. The molecule has 154 valence electrons. The summed E-state index contributed by atoms with van der Waals surface area (Å²) in [4.78, 5) is 15.3. The predicted molar refractivity (Wildman–Crippen MR) is 103 cm³/mol. The third kappa shape index (κ3) is 4.22. The maximum Gasteiger partial charge on any atom is 0.387 e. The average Bonchev–Trinajstić information content (AvgIpc) is 3.03. The van der Waals surface area contributed by atoms with Crippen LogP contribution in [-0.4, -0.2) is 38.2 Å². The van der Waals surface area contributed by atoms with E-state index in [9.17, 15) is 22.0 Å². The van der Waals surface area contributed by atoms with Gasteiger partial charge in [0.25, 0.3) is 10.0 Å². The molecule has 3 aromatic rings. The topological polar surface area (TPSA) is 96.7 Å². The molecule has 12 heteroatoms. The Hall–Kier alpha value is -2.99. The summed E-state index contributed by atoms with van der Waals surface area (Å²) in [7, 11) is -1.69. The third-order valence-electron chi connectivity index (χ3n) is 3.72. The van der Waals surface area contributed by atoms with Crippen molar-refractivity contribution in [2.24, 2.45) is 0 Å². The Morgan fingerprint density at radius 2 is 1.86 bits per heavy atom. The number of nitrogens with zero attached hydrogens (tertiary/aromatic N) is 2. The molecule has 3 rings (SSSR count). The van der Waals surface area contributed by atoms with E-state index in [2.05, 4.69) is 9.72 Å². The van der Waals surface area contributed by atoms with Crippen LogP contribution in [0.15, 0.2) is 40.8 Å². The summed E-state index contributed by atoms with van der Waals surface area (Å²) in [6, 6.07) is 4.01. The molecule has 2 aromatic heterocycles. The van der Waals surface area contributed by atoms with Gasteiger partial charge in [-0.1, -0.05) is 11.3 Å². The van der Waals surface area contributed by atoms with Crippen molar-refractivity contribution in [3.05, 3.63) is 51.2 Å². The highest BCUT2D eigenvalue weighted by atomic mass is 32.2. The Morgan fingerprint density at radius 3 is 2.45 bits per heavy atom.